The Morgan fingerprint density at radius 1 is 1.06 bits per heavy atom. The third-order valence-electron chi connectivity index (χ3n) is 4.43. The average molecular weight is 436 g/mol. The molecule has 3 rings (SSSR count). The molecule has 0 amide bonds. The van der Waals surface area contributed by atoms with Gasteiger partial charge in [0.2, 0.25) is 0 Å². The Kier molecular flexibility index (Phi) is 5.88. The quantitative estimate of drug-likeness (QED) is 0.484. The molecule has 0 saturated heterocycles. The van der Waals surface area contributed by atoms with Gasteiger partial charge in [0.05, 0.1) is 22.7 Å². The van der Waals surface area contributed by atoms with Crippen molar-refractivity contribution < 1.29 is 26.3 Å². The molecule has 0 bridgehead atoms. The van der Waals surface area contributed by atoms with Gasteiger partial charge in [0.25, 0.3) is 0 Å². The lowest BCUT2D eigenvalue weighted by Gasteiger charge is -2.19. The molecule has 0 saturated carbocycles. The van der Waals surface area contributed by atoms with Gasteiger partial charge in [-0.15, -0.1) is 0 Å². The van der Waals surface area contributed by atoms with Gasteiger partial charge >= 0.3 is 12.4 Å². The van der Waals surface area contributed by atoms with Gasteiger partial charge in [-0.3, -0.25) is 0 Å². The molecule has 1 aromatic heterocycles. The minimum atomic E-state index is -4.81. The van der Waals surface area contributed by atoms with E-state index in [2.05, 4.69) is 10.1 Å². The molecule has 10 heteroatoms. The Morgan fingerprint density at radius 2 is 1.81 bits per heavy atom. The largest absolute Gasteiger partial charge is 0.416 e. The Balaban J connectivity index is 2.00. The zero-order chi connectivity index (χ0) is 22.8. The Morgan fingerprint density at radius 3 is 2.39 bits per heavy atom. The van der Waals surface area contributed by atoms with E-state index in [0.717, 1.165) is 24.3 Å². The summed E-state index contributed by atoms with van der Waals surface area (Å²) in [5.41, 5.74) is -0.788. The molecule has 1 unspecified atom stereocenters. The second-order valence-corrected chi connectivity index (χ2v) is 6.74. The highest BCUT2D eigenvalue weighted by molar-refractivity contribution is 5.59. The number of nitriles is 1. The first-order chi connectivity index (χ1) is 14.5. The molecule has 1 heterocycles. The number of hydrogen-bond donors (Lipinski definition) is 0. The van der Waals surface area contributed by atoms with Crippen LogP contribution in [0.5, 0.6) is 0 Å². The molecule has 31 heavy (non-hydrogen) atoms. The van der Waals surface area contributed by atoms with Gasteiger partial charge in [-0.1, -0.05) is 29.8 Å². The van der Waals surface area contributed by atoms with Gasteiger partial charge in [0.1, 0.15) is 18.7 Å². The topological polar surface area (TPSA) is 54.5 Å². The van der Waals surface area contributed by atoms with Crippen molar-refractivity contribution in [3.63, 3.8) is 0 Å². The van der Waals surface area contributed by atoms with Crippen molar-refractivity contribution in [3.8, 4) is 11.8 Å². The summed E-state index contributed by atoms with van der Waals surface area (Å²) >= 11 is 0. The number of rotatable bonds is 4. The third-order valence-corrected chi connectivity index (χ3v) is 4.43. The van der Waals surface area contributed by atoms with Crippen LogP contribution < -0.4 is 0 Å². The molecule has 0 aliphatic carbocycles. The van der Waals surface area contributed by atoms with E-state index in [-0.39, 0.29) is 16.7 Å². The number of hydrogen-bond acceptors (Lipinski definition) is 3. The molecule has 160 valence electrons. The van der Waals surface area contributed by atoms with E-state index < -0.39 is 29.4 Å². The molecule has 0 fully saturated rings. The molecule has 4 nitrogen and oxygen atoms in total. The van der Waals surface area contributed by atoms with Crippen LogP contribution in [0, 0.1) is 18.3 Å². The van der Waals surface area contributed by atoms with Crippen LogP contribution in [0.25, 0.3) is 11.8 Å². The third kappa shape index (κ3) is 5.12. The van der Waals surface area contributed by atoms with Crippen LogP contribution >= 0.6 is 0 Å². The molecule has 0 N–H and O–H groups in total. The van der Waals surface area contributed by atoms with E-state index in [4.69, 9.17) is 0 Å². The van der Waals surface area contributed by atoms with Gasteiger partial charge < -0.3 is 0 Å². The van der Waals surface area contributed by atoms with Gasteiger partial charge in [-0.05, 0) is 42.3 Å². The molecule has 0 aliphatic rings. The lowest BCUT2D eigenvalue weighted by molar-refractivity contribution is -0.142. The molecule has 0 aliphatic heterocycles. The minimum Gasteiger partial charge on any atom is -0.223 e. The maximum Gasteiger partial charge on any atom is 0.416 e. The summed E-state index contributed by atoms with van der Waals surface area (Å²) in [5, 5.41) is 13.2. The summed E-state index contributed by atoms with van der Waals surface area (Å²) in [6.07, 6.45) is -5.05. The number of aryl methyl sites for hydroxylation is 1. The Hall–Kier alpha value is -3.61. The highest BCUT2D eigenvalue weighted by Crippen LogP contribution is 2.39. The second kappa shape index (κ2) is 8.26. The Bertz CT molecular complexity index is 1140. The van der Waals surface area contributed by atoms with E-state index in [1.807, 2.05) is 6.07 Å². The predicted octanol–water partition coefficient (Wildman–Crippen LogP) is 5.83. The van der Waals surface area contributed by atoms with E-state index >= 15 is 0 Å². The fourth-order valence-corrected chi connectivity index (χ4v) is 3.05. The van der Waals surface area contributed by atoms with Crippen LogP contribution in [-0.4, -0.2) is 20.9 Å². The molecule has 0 radical (unpaired) electrons. The maximum atomic E-state index is 13.7. The zero-order valence-corrected chi connectivity index (χ0v) is 15.9. The number of aromatic nitrogens is 3. The van der Waals surface area contributed by atoms with Crippen LogP contribution in [-0.2, 0) is 6.18 Å². The van der Waals surface area contributed by atoms with E-state index in [0.29, 0.717) is 11.8 Å². The lowest BCUT2D eigenvalue weighted by atomic mass is 9.93. The van der Waals surface area contributed by atoms with Crippen molar-refractivity contribution in [2.75, 3.05) is 0 Å². The van der Waals surface area contributed by atoms with Gasteiger partial charge in [-0.25, -0.2) is 9.67 Å². The summed E-state index contributed by atoms with van der Waals surface area (Å²) < 4.78 is 81.5. The summed E-state index contributed by atoms with van der Waals surface area (Å²) in [7, 11) is 0. The van der Waals surface area contributed by atoms with Gasteiger partial charge in [0.15, 0.2) is 0 Å². The van der Waals surface area contributed by atoms with E-state index in [9.17, 15) is 31.6 Å². The molecule has 0 spiro atoms. The van der Waals surface area contributed by atoms with Crippen molar-refractivity contribution >= 4 is 6.08 Å². The Labute approximate surface area is 173 Å². The SMILES string of the molecule is Cc1cc(C(/C=C/c2ccc(-n3cncn3)c(C#N)c2)C(F)(F)F)cc(C(F)(F)F)c1. The fraction of sp³-hybridized carbons (Fsp3) is 0.190. The fourth-order valence-electron chi connectivity index (χ4n) is 3.05. The van der Waals surface area contributed by atoms with Gasteiger partial charge in [-0.2, -0.15) is 36.7 Å². The first-order valence-electron chi connectivity index (χ1n) is 8.82. The van der Waals surface area contributed by atoms with E-state index in [1.54, 1.807) is 0 Å². The van der Waals surface area contributed by atoms with Crippen molar-refractivity contribution in [2.24, 2.45) is 0 Å². The maximum absolute atomic E-state index is 13.7. The summed E-state index contributed by atoms with van der Waals surface area (Å²) in [5.74, 6) is -2.26. The first-order valence-corrected chi connectivity index (χ1v) is 8.82. The number of halogens is 6. The zero-order valence-electron chi connectivity index (χ0n) is 15.9. The first kappa shape index (κ1) is 22.1. The molecule has 2 aromatic carbocycles. The molecular weight excluding hydrogens is 422 g/mol. The monoisotopic (exact) mass is 436 g/mol. The minimum absolute atomic E-state index is 0.0661. The van der Waals surface area contributed by atoms with Crippen molar-refractivity contribution in [1.82, 2.24) is 14.8 Å². The molecule has 3 aromatic rings. The highest BCUT2D eigenvalue weighted by Gasteiger charge is 2.40. The highest BCUT2D eigenvalue weighted by atomic mass is 19.4. The smallest absolute Gasteiger partial charge is 0.223 e. The number of allylic oxidation sites excluding steroid dienone is 1. The molecule has 1 atom stereocenters. The van der Waals surface area contributed by atoms with E-state index in [1.165, 1.54) is 42.5 Å². The second-order valence-electron chi connectivity index (χ2n) is 6.74. The summed E-state index contributed by atoms with van der Waals surface area (Å²) in [6, 6.07) is 8.63. The van der Waals surface area contributed by atoms with Crippen molar-refractivity contribution in [1.29, 1.82) is 5.26 Å². The summed E-state index contributed by atoms with van der Waals surface area (Å²) in [6.45, 7) is 1.30. The van der Waals surface area contributed by atoms with Crippen LogP contribution in [0.1, 0.15) is 33.7 Å². The summed E-state index contributed by atoms with van der Waals surface area (Å²) in [4.78, 5) is 3.77. The van der Waals surface area contributed by atoms with Gasteiger partial charge in [0, 0.05) is 0 Å². The van der Waals surface area contributed by atoms with Crippen LogP contribution in [0.3, 0.4) is 0 Å². The van der Waals surface area contributed by atoms with Crippen LogP contribution in [0.4, 0.5) is 26.3 Å². The van der Waals surface area contributed by atoms with Crippen molar-refractivity contribution in [2.45, 2.75) is 25.2 Å². The number of nitrogens with zero attached hydrogens (tertiary/aromatic N) is 4. The number of benzene rings is 2. The average Bonchev–Trinajstić information content (AvgIpc) is 3.20. The molecular formula is C21H14F6N4. The van der Waals surface area contributed by atoms with Crippen molar-refractivity contribution in [3.05, 3.63) is 82.9 Å². The predicted molar refractivity (Wildman–Crippen MR) is 100 cm³/mol. The van der Waals surface area contributed by atoms with Crippen LogP contribution in [0.2, 0.25) is 0 Å². The lowest BCUT2D eigenvalue weighted by Crippen LogP contribution is -2.20. The van der Waals surface area contributed by atoms with Crippen LogP contribution in [0.15, 0.2) is 55.1 Å². The standard InChI is InChI=1S/C21H14F6N4/c1-13-6-15(9-17(7-13)20(22,23)24)18(21(25,26)27)4-2-14-3-5-19(16(8-14)10-28)31-12-29-11-30-31/h2-9,11-12,18H,1H3/b4-2+. The normalized spacial score (nSPS) is 13.4. The number of alkyl halides is 6.